The van der Waals surface area contributed by atoms with Crippen LogP contribution in [0.3, 0.4) is 0 Å². The van der Waals surface area contributed by atoms with E-state index in [1.807, 2.05) is 0 Å². The summed E-state index contributed by atoms with van der Waals surface area (Å²) in [4.78, 5) is 14.6. The van der Waals surface area contributed by atoms with Crippen LogP contribution in [0.5, 0.6) is 0 Å². The maximum Gasteiger partial charge on any atom is 0.255 e. The van der Waals surface area contributed by atoms with Crippen molar-refractivity contribution in [1.29, 1.82) is 0 Å². The first-order valence-electron chi connectivity index (χ1n) is 7.74. The molecule has 130 valence electrons. The summed E-state index contributed by atoms with van der Waals surface area (Å²) in [6.07, 6.45) is 1.50. The van der Waals surface area contributed by atoms with Crippen LogP contribution in [-0.2, 0) is 0 Å². The summed E-state index contributed by atoms with van der Waals surface area (Å²) < 4.78 is 13.0. The zero-order valence-corrected chi connectivity index (χ0v) is 14.0. The van der Waals surface area contributed by atoms with Crippen LogP contribution in [-0.4, -0.2) is 60.3 Å². The lowest BCUT2D eigenvalue weighted by Crippen LogP contribution is -2.46. The number of hydrogen-bond acceptors (Lipinski definition) is 4. The minimum Gasteiger partial charge on any atom is -0.351 e. The zero-order chi connectivity index (χ0) is 16.1. The molecule has 0 atom stereocenters. The molecule has 8 heteroatoms. The van der Waals surface area contributed by atoms with Crippen LogP contribution < -0.4 is 10.6 Å². The van der Waals surface area contributed by atoms with Gasteiger partial charge in [0.1, 0.15) is 5.82 Å². The van der Waals surface area contributed by atoms with Crippen molar-refractivity contribution in [3.05, 3.63) is 41.8 Å². The molecule has 0 bridgehead atoms. The molecule has 2 aromatic rings. The van der Waals surface area contributed by atoms with E-state index in [9.17, 15) is 9.18 Å². The van der Waals surface area contributed by atoms with Crippen molar-refractivity contribution in [2.75, 3.05) is 39.3 Å². The molecule has 2 heterocycles. The summed E-state index contributed by atoms with van der Waals surface area (Å²) in [5.74, 6) is -0.483. The van der Waals surface area contributed by atoms with Crippen LogP contribution in [0.25, 0.3) is 11.3 Å². The standard InChI is InChI=1S/C16H20FN5O.ClH/c17-13-3-1-12(2-4-13)15-14(11-20-21-15)16(23)19-7-10-22-8-5-18-6-9-22;/h1-4,11,18H,5-10H2,(H,19,23)(H,20,21);1H. The largest absolute Gasteiger partial charge is 0.351 e. The Morgan fingerprint density at radius 1 is 1.25 bits per heavy atom. The third-order valence-electron chi connectivity index (χ3n) is 3.94. The summed E-state index contributed by atoms with van der Waals surface area (Å²) in [7, 11) is 0. The number of piperazine rings is 1. The number of benzene rings is 1. The Hall–Kier alpha value is -1.96. The fourth-order valence-electron chi connectivity index (χ4n) is 2.65. The molecule has 1 aliphatic heterocycles. The first-order valence-corrected chi connectivity index (χ1v) is 7.74. The molecule has 24 heavy (non-hydrogen) atoms. The Bertz CT molecular complexity index is 655. The highest BCUT2D eigenvalue weighted by atomic mass is 35.5. The number of aromatic nitrogens is 2. The van der Waals surface area contributed by atoms with E-state index in [2.05, 4.69) is 25.7 Å². The van der Waals surface area contributed by atoms with Crippen LogP contribution >= 0.6 is 12.4 Å². The van der Waals surface area contributed by atoms with Gasteiger partial charge < -0.3 is 10.6 Å². The second-order valence-electron chi connectivity index (χ2n) is 5.51. The second kappa shape index (κ2) is 8.77. The van der Waals surface area contributed by atoms with Gasteiger partial charge in [0.15, 0.2) is 0 Å². The van der Waals surface area contributed by atoms with Gasteiger partial charge in [0.05, 0.1) is 17.5 Å². The molecule has 1 aliphatic rings. The van der Waals surface area contributed by atoms with Gasteiger partial charge in [-0.25, -0.2) is 4.39 Å². The number of nitrogens with one attached hydrogen (secondary N) is 3. The molecule has 0 unspecified atom stereocenters. The molecule has 0 aliphatic carbocycles. The van der Waals surface area contributed by atoms with Crippen molar-refractivity contribution < 1.29 is 9.18 Å². The Labute approximate surface area is 146 Å². The first-order chi connectivity index (χ1) is 11.2. The van der Waals surface area contributed by atoms with Crippen molar-refractivity contribution in [3.63, 3.8) is 0 Å². The molecule has 3 rings (SSSR count). The molecule has 1 amide bonds. The van der Waals surface area contributed by atoms with Crippen molar-refractivity contribution in [2.45, 2.75) is 0 Å². The van der Waals surface area contributed by atoms with Gasteiger partial charge >= 0.3 is 0 Å². The van der Waals surface area contributed by atoms with E-state index >= 15 is 0 Å². The Morgan fingerprint density at radius 2 is 1.96 bits per heavy atom. The van der Waals surface area contributed by atoms with Gasteiger partial charge in [-0.3, -0.25) is 14.8 Å². The van der Waals surface area contributed by atoms with E-state index in [-0.39, 0.29) is 24.1 Å². The van der Waals surface area contributed by atoms with Crippen LogP contribution in [0.2, 0.25) is 0 Å². The van der Waals surface area contributed by atoms with E-state index < -0.39 is 0 Å². The fourth-order valence-corrected chi connectivity index (χ4v) is 2.65. The van der Waals surface area contributed by atoms with Crippen molar-refractivity contribution in [1.82, 2.24) is 25.7 Å². The number of amides is 1. The smallest absolute Gasteiger partial charge is 0.255 e. The monoisotopic (exact) mass is 353 g/mol. The Kier molecular flexibility index (Phi) is 6.72. The number of halogens is 2. The lowest BCUT2D eigenvalue weighted by Gasteiger charge is -2.27. The predicted octanol–water partition coefficient (Wildman–Crippen LogP) is 1.27. The van der Waals surface area contributed by atoms with Crippen molar-refractivity contribution >= 4 is 18.3 Å². The summed E-state index contributed by atoms with van der Waals surface area (Å²) in [5, 5.41) is 13.0. The summed E-state index contributed by atoms with van der Waals surface area (Å²) in [6.45, 7) is 5.41. The SMILES string of the molecule is Cl.O=C(NCCN1CCNCC1)c1cn[nH]c1-c1ccc(F)cc1. The van der Waals surface area contributed by atoms with E-state index in [4.69, 9.17) is 0 Å². The molecular formula is C16H21ClFN5O. The topological polar surface area (TPSA) is 73.1 Å². The molecule has 1 saturated heterocycles. The molecule has 1 aromatic carbocycles. The Balaban J connectivity index is 0.00000208. The molecular weight excluding hydrogens is 333 g/mol. The van der Waals surface area contributed by atoms with Gasteiger partial charge in [0.2, 0.25) is 0 Å². The van der Waals surface area contributed by atoms with Gasteiger partial charge in [-0.05, 0) is 24.3 Å². The minimum absolute atomic E-state index is 0. The number of H-pyrrole nitrogens is 1. The maximum absolute atomic E-state index is 13.0. The lowest BCUT2D eigenvalue weighted by molar-refractivity contribution is 0.0948. The van der Waals surface area contributed by atoms with E-state index in [0.717, 1.165) is 38.3 Å². The molecule has 0 radical (unpaired) electrons. The number of nitrogens with zero attached hydrogens (tertiary/aromatic N) is 2. The highest BCUT2D eigenvalue weighted by molar-refractivity contribution is 5.99. The molecule has 3 N–H and O–H groups in total. The highest BCUT2D eigenvalue weighted by Crippen LogP contribution is 2.21. The van der Waals surface area contributed by atoms with E-state index in [0.29, 0.717) is 17.8 Å². The van der Waals surface area contributed by atoms with Crippen LogP contribution in [0.1, 0.15) is 10.4 Å². The Morgan fingerprint density at radius 3 is 2.67 bits per heavy atom. The number of aromatic amines is 1. The predicted molar refractivity (Wildman–Crippen MR) is 92.9 cm³/mol. The normalized spacial score (nSPS) is 14.9. The van der Waals surface area contributed by atoms with E-state index in [1.165, 1.54) is 18.3 Å². The summed E-state index contributed by atoms with van der Waals surface area (Å²) in [5.41, 5.74) is 1.80. The van der Waals surface area contributed by atoms with Gasteiger partial charge in [-0.1, -0.05) is 0 Å². The minimum atomic E-state index is -0.310. The molecule has 0 spiro atoms. The third kappa shape index (κ3) is 4.53. The molecule has 1 aromatic heterocycles. The second-order valence-corrected chi connectivity index (χ2v) is 5.51. The lowest BCUT2D eigenvalue weighted by atomic mass is 10.1. The van der Waals surface area contributed by atoms with Crippen molar-refractivity contribution in [3.8, 4) is 11.3 Å². The van der Waals surface area contributed by atoms with Gasteiger partial charge in [0.25, 0.3) is 5.91 Å². The average Bonchev–Trinajstić information content (AvgIpc) is 3.06. The van der Waals surface area contributed by atoms with Gasteiger partial charge in [-0.2, -0.15) is 5.10 Å². The summed E-state index contributed by atoms with van der Waals surface area (Å²) in [6, 6.07) is 5.98. The fraction of sp³-hybridized carbons (Fsp3) is 0.375. The molecule has 6 nitrogen and oxygen atoms in total. The van der Waals surface area contributed by atoms with Crippen LogP contribution in [0.4, 0.5) is 4.39 Å². The number of carbonyl (C=O) groups is 1. The van der Waals surface area contributed by atoms with E-state index in [1.54, 1.807) is 12.1 Å². The maximum atomic E-state index is 13.0. The number of carbonyl (C=O) groups excluding carboxylic acids is 1. The first kappa shape index (κ1) is 18.4. The number of rotatable bonds is 5. The zero-order valence-electron chi connectivity index (χ0n) is 13.2. The quantitative estimate of drug-likeness (QED) is 0.757. The van der Waals surface area contributed by atoms with Crippen molar-refractivity contribution in [2.24, 2.45) is 0 Å². The van der Waals surface area contributed by atoms with Crippen LogP contribution in [0, 0.1) is 5.82 Å². The number of hydrogen-bond donors (Lipinski definition) is 3. The van der Waals surface area contributed by atoms with Gasteiger partial charge in [-0.15, -0.1) is 12.4 Å². The highest BCUT2D eigenvalue weighted by Gasteiger charge is 2.16. The molecule has 0 saturated carbocycles. The average molecular weight is 354 g/mol. The molecule has 1 fully saturated rings. The van der Waals surface area contributed by atoms with Gasteiger partial charge in [0, 0.05) is 44.8 Å². The van der Waals surface area contributed by atoms with Crippen LogP contribution in [0.15, 0.2) is 30.5 Å². The summed E-state index contributed by atoms with van der Waals surface area (Å²) >= 11 is 0. The third-order valence-corrected chi connectivity index (χ3v) is 3.94.